The number of nitrogens with zero attached hydrogens (tertiary/aromatic N) is 2. The van der Waals surface area contributed by atoms with Crippen LogP contribution in [0.15, 0.2) is 30.5 Å². The van der Waals surface area contributed by atoms with Crippen LogP contribution in [0.4, 0.5) is 5.69 Å². The molecule has 90 valence electrons. The summed E-state index contributed by atoms with van der Waals surface area (Å²) in [6.45, 7) is 0. The Balaban J connectivity index is 2.41. The van der Waals surface area contributed by atoms with E-state index in [9.17, 15) is 5.11 Å². The molecule has 5 nitrogen and oxygen atoms in total. The molecule has 0 radical (unpaired) electrons. The number of para-hydroxylation sites is 1. The lowest BCUT2D eigenvalue weighted by Crippen LogP contribution is -1.95. The first kappa shape index (κ1) is 12.0. The van der Waals surface area contributed by atoms with Crippen molar-refractivity contribution in [3.05, 3.63) is 41.0 Å². The molecule has 0 aliphatic carbocycles. The highest BCUT2D eigenvalue weighted by Crippen LogP contribution is 2.35. The summed E-state index contributed by atoms with van der Waals surface area (Å²) in [5.41, 5.74) is 5.97. The lowest BCUT2D eigenvalue weighted by atomic mass is 10.2. The highest BCUT2D eigenvalue weighted by Gasteiger charge is 2.12. The Kier molecular flexibility index (Phi) is 3.22. The van der Waals surface area contributed by atoms with Crippen LogP contribution < -0.4 is 10.5 Å². The van der Waals surface area contributed by atoms with Crippen LogP contribution in [0.5, 0.6) is 17.4 Å². The molecule has 18 heavy (non-hydrogen) atoms. The molecule has 6 heteroatoms. The highest BCUT2D eigenvalue weighted by atomic mass is 35.5. The van der Waals surface area contributed by atoms with E-state index < -0.39 is 0 Å². The third kappa shape index (κ3) is 2.14. The van der Waals surface area contributed by atoms with Crippen LogP contribution in [0.3, 0.4) is 0 Å². The summed E-state index contributed by atoms with van der Waals surface area (Å²) in [6.07, 6.45) is 1.40. The molecule has 0 spiro atoms. The number of aromatic nitrogens is 1. The van der Waals surface area contributed by atoms with Gasteiger partial charge in [0.05, 0.1) is 5.56 Å². The molecule has 0 fully saturated rings. The van der Waals surface area contributed by atoms with Crippen LogP contribution in [0.1, 0.15) is 5.56 Å². The van der Waals surface area contributed by atoms with E-state index in [0.717, 1.165) is 0 Å². The number of hydrogen-bond acceptors (Lipinski definition) is 5. The molecular weight excluding hydrogens is 254 g/mol. The maximum Gasteiger partial charge on any atom is 0.239 e. The van der Waals surface area contributed by atoms with Crippen LogP contribution in [-0.4, -0.2) is 10.1 Å². The molecular formula is C12H8ClN3O2. The first-order valence-electron chi connectivity index (χ1n) is 4.93. The molecule has 2 aromatic rings. The lowest BCUT2D eigenvalue weighted by Gasteiger charge is -2.09. The number of aromatic hydroxyl groups is 1. The van der Waals surface area contributed by atoms with Crippen molar-refractivity contribution in [3.8, 4) is 23.4 Å². The smallest absolute Gasteiger partial charge is 0.239 e. The van der Waals surface area contributed by atoms with Gasteiger partial charge in [0.1, 0.15) is 22.5 Å². The number of phenolic OH excluding ortho intramolecular Hbond substituents is 1. The summed E-state index contributed by atoms with van der Waals surface area (Å²) >= 11 is 5.94. The number of ether oxygens (including phenoxy) is 1. The third-order valence-corrected chi connectivity index (χ3v) is 2.59. The second-order valence-corrected chi connectivity index (χ2v) is 3.76. The minimum absolute atomic E-state index is 0.0630. The Morgan fingerprint density at radius 2 is 2.17 bits per heavy atom. The Labute approximate surface area is 108 Å². The number of anilines is 1. The van der Waals surface area contributed by atoms with Crippen molar-refractivity contribution < 1.29 is 9.84 Å². The van der Waals surface area contributed by atoms with Gasteiger partial charge in [-0.15, -0.1) is 0 Å². The summed E-state index contributed by atoms with van der Waals surface area (Å²) in [6, 6.07) is 7.96. The van der Waals surface area contributed by atoms with Gasteiger partial charge in [0.15, 0.2) is 5.75 Å². The van der Waals surface area contributed by atoms with Crippen molar-refractivity contribution >= 4 is 17.3 Å². The molecule has 0 aliphatic rings. The van der Waals surface area contributed by atoms with E-state index in [4.69, 9.17) is 27.3 Å². The van der Waals surface area contributed by atoms with Gasteiger partial charge in [-0.3, -0.25) is 0 Å². The van der Waals surface area contributed by atoms with Crippen LogP contribution in [0, 0.1) is 11.3 Å². The quantitative estimate of drug-likeness (QED) is 0.640. The Bertz CT molecular complexity index is 638. The SMILES string of the molecule is N#Cc1ccnc(Oc2cccc(O)c2N)c1Cl. The average molecular weight is 262 g/mol. The van der Waals surface area contributed by atoms with Crippen molar-refractivity contribution in [1.29, 1.82) is 5.26 Å². The zero-order valence-electron chi connectivity index (χ0n) is 9.09. The van der Waals surface area contributed by atoms with Gasteiger partial charge in [-0.2, -0.15) is 5.26 Å². The monoisotopic (exact) mass is 261 g/mol. The number of rotatable bonds is 2. The van der Waals surface area contributed by atoms with Crippen molar-refractivity contribution in [2.75, 3.05) is 5.73 Å². The van der Waals surface area contributed by atoms with Gasteiger partial charge in [-0.1, -0.05) is 17.7 Å². The number of pyridine rings is 1. The molecule has 1 heterocycles. The zero-order chi connectivity index (χ0) is 13.1. The van der Waals surface area contributed by atoms with Gasteiger partial charge in [0.2, 0.25) is 5.88 Å². The maximum absolute atomic E-state index is 9.44. The second kappa shape index (κ2) is 4.82. The van der Waals surface area contributed by atoms with E-state index in [0.29, 0.717) is 0 Å². The van der Waals surface area contributed by atoms with E-state index >= 15 is 0 Å². The van der Waals surface area contributed by atoms with Crippen LogP contribution in [0.2, 0.25) is 5.02 Å². The average Bonchev–Trinajstić information content (AvgIpc) is 2.37. The van der Waals surface area contributed by atoms with Crippen molar-refractivity contribution in [2.24, 2.45) is 0 Å². The predicted octanol–water partition coefficient (Wildman–Crippen LogP) is 2.69. The van der Waals surface area contributed by atoms with E-state index in [1.165, 1.54) is 18.3 Å². The molecule has 3 N–H and O–H groups in total. The number of nitrogens with two attached hydrogens (primary N) is 1. The van der Waals surface area contributed by atoms with Gasteiger partial charge in [-0.25, -0.2) is 4.98 Å². The summed E-state index contributed by atoms with van der Waals surface area (Å²) in [7, 11) is 0. The Morgan fingerprint density at radius 1 is 1.39 bits per heavy atom. The van der Waals surface area contributed by atoms with Gasteiger partial charge in [0, 0.05) is 6.20 Å². The normalized spacial score (nSPS) is 9.78. The predicted molar refractivity (Wildman–Crippen MR) is 66.6 cm³/mol. The largest absolute Gasteiger partial charge is 0.506 e. The number of halogens is 1. The minimum atomic E-state index is -0.0972. The molecule has 0 saturated carbocycles. The van der Waals surface area contributed by atoms with Crippen LogP contribution >= 0.6 is 11.6 Å². The van der Waals surface area contributed by atoms with Crippen molar-refractivity contribution in [2.45, 2.75) is 0 Å². The zero-order valence-corrected chi connectivity index (χ0v) is 9.85. The molecule has 0 amide bonds. The first-order valence-corrected chi connectivity index (χ1v) is 5.31. The standard InChI is InChI=1S/C12H8ClN3O2/c13-10-7(6-14)4-5-16-12(10)18-9-3-1-2-8(17)11(9)15/h1-5,17H,15H2. The van der Waals surface area contributed by atoms with E-state index in [2.05, 4.69) is 4.98 Å². The fraction of sp³-hybridized carbons (Fsp3) is 0. The third-order valence-electron chi connectivity index (χ3n) is 2.23. The molecule has 0 atom stereocenters. The van der Waals surface area contributed by atoms with Gasteiger partial charge >= 0.3 is 0 Å². The van der Waals surface area contributed by atoms with E-state index in [1.54, 1.807) is 12.1 Å². The summed E-state index contributed by atoms with van der Waals surface area (Å²) in [4.78, 5) is 3.91. The topological polar surface area (TPSA) is 92.2 Å². The van der Waals surface area contributed by atoms with Crippen LogP contribution in [0.25, 0.3) is 0 Å². The molecule has 2 rings (SSSR count). The minimum Gasteiger partial charge on any atom is -0.506 e. The van der Waals surface area contributed by atoms with E-state index in [1.807, 2.05) is 6.07 Å². The second-order valence-electron chi connectivity index (χ2n) is 3.38. The van der Waals surface area contributed by atoms with Gasteiger partial charge in [0.25, 0.3) is 0 Å². The summed E-state index contributed by atoms with van der Waals surface area (Å²) in [5.74, 6) is 0.188. The highest BCUT2D eigenvalue weighted by molar-refractivity contribution is 6.33. The molecule has 1 aromatic heterocycles. The molecule has 1 aromatic carbocycles. The molecule has 0 bridgehead atoms. The summed E-state index contributed by atoms with van der Waals surface area (Å²) in [5, 5.41) is 18.4. The number of nitrogen functional groups attached to an aromatic ring is 1. The number of nitriles is 1. The molecule has 0 unspecified atom stereocenters. The van der Waals surface area contributed by atoms with Crippen LogP contribution in [-0.2, 0) is 0 Å². The fourth-order valence-corrected chi connectivity index (χ4v) is 1.50. The molecule has 0 saturated heterocycles. The number of hydrogen-bond donors (Lipinski definition) is 2. The fourth-order valence-electron chi connectivity index (χ4n) is 1.31. The first-order chi connectivity index (χ1) is 8.63. The molecule has 0 aliphatic heterocycles. The van der Waals surface area contributed by atoms with E-state index in [-0.39, 0.29) is 33.7 Å². The maximum atomic E-state index is 9.44. The number of phenols is 1. The summed E-state index contributed by atoms with van der Waals surface area (Å²) < 4.78 is 5.38. The van der Waals surface area contributed by atoms with Gasteiger partial charge in [-0.05, 0) is 18.2 Å². The van der Waals surface area contributed by atoms with Gasteiger partial charge < -0.3 is 15.6 Å². The lowest BCUT2D eigenvalue weighted by molar-refractivity contribution is 0.450. The Hall–Kier alpha value is -2.45. The van der Waals surface area contributed by atoms with Crippen molar-refractivity contribution in [1.82, 2.24) is 4.98 Å². The number of benzene rings is 1. The van der Waals surface area contributed by atoms with Crippen molar-refractivity contribution in [3.63, 3.8) is 0 Å². The Morgan fingerprint density at radius 3 is 2.89 bits per heavy atom.